The van der Waals surface area contributed by atoms with E-state index in [-0.39, 0.29) is 17.7 Å². The van der Waals surface area contributed by atoms with Crippen molar-refractivity contribution in [1.29, 1.82) is 0 Å². The number of para-hydroxylation sites is 1. The smallest absolute Gasteiger partial charge is 0.352 e. The molecule has 0 amide bonds. The van der Waals surface area contributed by atoms with Gasteiger partial charge in [-0.15, -0.1) is 0 Å². The van der Waals surface area contributed by atoms with Gasteiger partial charge in [0.15, 0.2) is 0 Å². The molecule has 1 rings (SSSR count). The molecule has 0 aliphatic rings. The average Bonchev–Trinajstić information content (AvgIpc) is 2.38. The zero-order valence-electron chi connectivity index (χ0n) is 10.7. The number of hydrogen-bond donors (Lipinski definition) is 3. The number of carboxylic acids is 2. The van der Waals surface area contributed by atoms with Crippen LogP contribution in [0, 0.1) is 0 Å². The summed E-state index contributed by atoms with van der Waals surface area (Å²) >= 11 is 0. The maximum atomic E-state index is 11.2. The first-order valence-electron chi connectivity index (χ1n) is 6.08. The number of nitrogens with one attached hydrogen (secondary N) is 1. The van der Waals surface area contributed by atoms with Crippen molar-refractivity contribution in [2.45, 2.75) is 26.2 Å². The Kier molecular flexibility index (Phi) is 5.60. The molecule has 5 heteroatoms. The van der Waals surface area contributed by atoms with Gasteiger partial charge in [-0.25, -0.2) is 9.59 Å². The fraction of sp³-hybridized carbons (Fsp3) is 0.286. The Morgan fingerprint density at radius 2 is 1.74 bits per heavy atom. The van der Waals surface area contributed by atoms with Crippen LogP contribution in [0.1, 0.15) is 26.2 Å². The molecule has 3 N–H and O–H groups in total. The maximum absolute atomic E-state index is 11.2. The average molecular weight is 263 g/mol. The van der Waals surface area contributed by atoms with Gasteiger partial charge in [-0.2, -0.15) is 0 Å². The van der Waals surface area contributed by atoms with E-state index in [4.69, 9.17) is 10.2 Å². The molecule has 5 nitrogen and oxygen atoms in total. The highest BCUT2D eigenvalue weighted by atomic mass is 16.4. The van der Waals surface area contributed by atoms with Crippen LogP contribution in [-0.2, 0) is 9.59 Å². The number of aliphatic carboxylic acids is 2. The second-order valence-electron chi connectivity index (χ2n) is 4.06. The minimum atomic E-state index is -1.27. The van der Waals surface area contributed by atoms with Gasteiger partial charge in [0.25, 0.3) is 0 Å². The Balaban J connectivity index is 3.08. The highest BCUT2D eigenvalue weighted by molar-refractivity contribution is 6.00. The lowest BCUT2D eigenvalue weighted by Gasteiger charge is -2.11. The summed E-state index contributed by atoms with van der Waals surface area (Å²) in [6.07, 6.45) is 1.66. The van der Waals surface area contributed by atoms with Crippen LogP contribution in [0.15, 0.2) is 41.6 Å². The second-order valence-corrected chi connectivity index (χ2v) is 4.06. The predicted molar refractivity (Wildman–Crippen MR) is 71.9 cm³/mol. The maximum Gasteiger partial charge on any atom is 0.352 e. The Morgan fingerprint density at radius 1 is 1.11 bits per heavy atom. The van der Waals surface area contributed by atoms with E-state index in [0.29, 0.717) is 12.1 Å². The molecular formula is C14H17NO4. The molecule has 0 saturated carbocycles. The third-order valence-electron chi connectivity index (χ3n) is 2.60. The van der Waals surface area contributed by atoms with E-state index >= 15 is 0 Å². The van der Waals surface area contributed by atoms with Crippen LogP contribution in [0.5, 0.6) is 0 Å². The summed E-state index contributed by atoms with van der Waals surface area (Å²) in [5.41, 5.74) is 0.181. The quantitative estimate of drug-likeness (QED) is 0.658. The Labute approximate surface area is 111 Å². The van der Waals surface area contributed by atoms with Gasteiger partial charge >= 0.3 is 11.9 Å². The molecular weight excluding hydrogens is 246 g/mol. The minimum absolute atomic E-state index is 0.0989. The summed E-state index contributed by atoms with van der Waals surface area (Å²) in [5, 5.41) is 21.0. The molecule has 19 heavy (non-hydrogen) atoms. The number of anilines is 1. The fourth-order valence-electron chi connectivity index (χ4n) is 1.62. The Morgan fingerprint density at radius 3 is 2.21 bits per heavy atom. The first-order valence-corrected chi connectivity index (χ1v) is 6.08. The third kappa shape index (κ3) is 4.46. The normalized spacial score (nSPS) is 11.6. The predicted octanol–water partition coefficient (Wildman–Crippen LogP) is 2.71. The number of rotatable bonds is 7. The number of carbonyl (C=O) groups is 2. The standard InChI is InChI=1S/C14H17NO4/c1-2-3-9-11(13(16)17)12(14(18)19)15-10-7-5-4-6-8-10/h4-8,15H,2-3,9H2,1H3,(H,16,17)(H,18,19). The molecule has 0 aromatic heterocycles. The number of benzene rings is 1. The van der Waals surface area contributed by atoms with Crippen molar-refractivity contribution in [2.75, 3.05) is 5.32 Å². The molecule has 0 saturated heterocycles. The molecule has 102 valence electrons. The van der Waals surface area contributed by atoms with E-state index < -0.39 is 11.9 Å². The van der Waals surface area contributed by atoms with Gasteiger partial charge in [-0.3, -0.25) is 0 Å². The van der Waals surface area contributed by atoms with Crippen molar-refractivity contribution < 1.29 is 19.8 Å². The number of unbranched alkanes of at least 4 members (excludes halogenated alkanes) is 1. The minimum Gasteiger partial charge on any atom is -0.478 e. The van der Waals surface area contributed by atoms with E-state index in [9.17, 15) is 9.59 Å². The van der Waals surface area contributed by atoms with Crippen molar-refractivity contribution in [3.63, 3.8) is 0 Å². The highest BCUT2D eigenvalue weighted by Gasteiger charge is 2.19. The van der Waals surface area contributed by atoms with Crippen molar-refractivity contribution in [3.05, 3.63) is 41.6 Å². The summed E-state index contributed by atoms with van der Waals surface area (Å²) in [7, 11) is 0. The molecule has 0 fully saturated rings. The summed E-state index contributed by atoms with van der Waals surface area (Å²) in [6, 6.07) is 8.65. The summed E-state index contributed by atoms with van der Waals surface area (Å²) in [6.45, 7) is 1.92. The first kappa shape index (κ1) is 14.8. The monoisotopic (exact) mass is 263 g/mol. The lowest BCUT2D eigenvalue weighted by Crippen LogP contribution is -2.18. The topological polar surface area (TPSA) is 86.6 Å². The zero-order valence-corrected chi connectivity index (χ0v) is 10.7. The highest BCUT2D eigenvalue weighted by Crippen LogP contribution is 2.17. The lowest BCUT2D eigenvalue weighted by atomic mass is 10.1. The van der Waals surface area contributed by atoms with Crippen LogP contribution in [0.3, 0.4) is 0 Å². The van der Waals surface area contributed by atoms with Crippen molar-refractivity contribution in [3.8, 4) is 0 Å². The summed E-state index contributed by atoms with van der Waals surface area (Å²) < 4.78 is 0. The number of carboxylic acid groups (broad SMARTS) is 2. The number of hydrogen-bond acceptors (Lipinski definition) is 3. The van der Waals surface area contributed by atoms with Crippen LogP contribution >= 0.6 is 0 Å². The van der Waals surface area contributed by atoms with Crippen LogP contribution in [0.2, 0.25) is 0 Å². The van der Waals surface area contributed by atoms with Crippen LogP contribution in [-0.4, -0.2) is 22.2 Å². The van der Waals surface area contributed by atoms with Crippen molar-refractivity contribution >= 4 is 17.6 Å². The van der Waals surface area contributed by atoms with Crippen LogP contribution < -0.4 is 5.32 Å². The molecule has 0 aliphatic carbocycles. The van der Waals surface area contributed by atoms with E-state index in [2.05, 4.69) is 5.32 Å². The lowest BCUT2D eigenvalue weighted by molar-refractivity contribution is -0.136. The Bertz CT molecular complexity index is 479. The van der Waals surface area contributed by atoms with Gasteiger partial charge in [0, 0.05) is 5.69 Å². The van der Waals surface area contributed by atoms with Crippen LogP contribution in [0.4, 0.5) is 5.69 Å². The largest absolute Gasteiger partial charge is 0.478 e. The molecule has 0 spiro atoms. The van der Waals surface area contributed by atoms with Gasteiger partial charge < -0.3 is 15.5 Å². The first-order chi connectivity index (χ1) is 9.06. The van der Waals surface area contributed by atoms with Gasteiger partial charge in [-0.1, -0.05) is 31.5 Å². The molecule has 0 atom stereocenters. The van der Waals surface area contributed by atoms with E-state index in [1.165, 1.54) is 0 Å². The van der Waals surface area contributed by atoms with Crippen molar-refractivity contribution in [2.24, 2.45) is 0 Å². The van der Waals surface area contributed by atoms with Gasteiger partial charge in [-0.05, 0) is 25.0 Å². The summed E-state index contributed by atoms with van der Waals surface area (Å²) in [5.74, 6) is -2.47. The molecule has 1 aromatic carbocycles. The van der Waals surface area contributed by atoms with E-state index in [1.807, 2.05) is 6.92 Å². The zero-order chi connectivity index (χ0) is 14.3. The van der Waals surface area contributed by atoms with Gasteiger partial charge in [0.05, 0.1) is 5.57 Å². The van der Waals surface area contributed by atoms with Crippen molar-refractivity contribution in [1.82, 2.24) is 0 Å². The van der Waals surface area contributed by atoms with E-state index in [1.54, 1.807) is 30.3 Å². The molecule has 0 bridgehead atoms. The fourth-order valence-corrected chi connectivity index (χ4v) is 1.62. The SMILES string of the molecule is CCCCC(C(=O)O)=C(Nc1ccccc1)C(=O)O. The molecule has 0 radical (unpaired) electrons. The van der Waals surface area contributed by atoms with Crippen LogP contribution in [0.25, 0.3) is 0 Å². The van der Waals surface area contributed by atoms with Gasteiger partial charge in [0.1, 0.15) is 5.70 Å². The second kappa shape index (κ2) is 7.20. The molecule has 0 aliphatic heterocycles. The van der Waals surface area contributed by atoms with E-state index in [0.717, 1.165) is 6.42 Å². The molecule has 0 heterocycles. The summed E-state index contributed by atoms with van der Waals surface area (Å²) in [4.78, 5) is 22.4. The Hall–Kier alpha value is -2.30. The third-order valence-corrected chi connectivity index (χ3v) is 2.60. The molecule has 0 unspecified atom stereocenters. The van der Waals surface area contributed by atoms with Gasteiger partial charge in [0.2, 0.25) is 0 Å². The molecule has 1 aromatic rings.